The van der Waals surface area contributed by atoms with Crippen LogP contribution in [0.5, 0.6) is 0 Å². The number of hydrogen-bond donors (Lipinski definition) is 1. The maximum absolute atomic E-state index is 10.9. The van der Waals surface area contributed by atoms with Crippen molar-refractivity contribution in [3.8, 4) is 0 Å². The second kappa shape index (κ2) is 5.07. The van der Waals surface area contributed by atoms with Gasteiger partial charge in [0.05, 0.1) is 19.6 Å². The molecule has 0 aliphatic heterocycles. The number of aromatic nitrogens is 1. The molecule has 0 saturated heterocycles. The van der Waals surface area contributed by atoms with Gasteiger partial charge >= 0.3 is 5.97 Å². The van der Waals surface area contributed by atoms with Gasteiger partial charge in [-0.1, -0.05) is 0 Å². The number of methoxy groups -OCH3 is 1. The van der Waals surface area contributed by atoms with Crippen LogP contribution in [0.15, 0.2) is 22.9 Å². The van der Waals surface area contributed by atoms with Crippen molar-refractivity contribution in [3.63, 3.8) is 0 Å². The molecule has 1 aromatic rings. The van der Waals surface area contributed by atoms with E-state index in [4.69, 9.17) is 0 Å². The molecular weight excluding hydrogens is 250 g/mol. The average Bonchev–Trinajstić information content (AvgIpc) is 2.17. The Bertz CT molecular complexity index is 330. The number of rotatable bonds is 3. The van der Waals surface area contributed by atoms with Gasteiger partial charge in [0.25, 0.3) is 0 Å². The Morgan fingerprint density at radius 1 is 1.71 bits per heavy atom. The molecule has 1 heterocycles. The van der Waals surface area contributed by atoms with Crippen LogP contribution < -0.4 is 0 Å². The Hall–Kier alpha value is -0.940. The molecule has 4 nitrogen and oxygen atoms in total. The number of halogens is 1. The molecular formula is C9H10BrNO3. The van der Waals surface area contributed by atoms with Crippen molar-refractivity contribution in [2.45, 2.75) is 12.5 Å². The number of pyridine rings is 1. The van der Waals surface area contributed by atoms with Gasteiger partial charge in [-0.05, 0) is 22.0 Å². The lowest BCUT2D eigenvalue weighted by Crippen LogP contribution is -2.08. The second-order valence-electron chi connectivity index (χ2n) is 2.73. The van der Waals surface area contributed by atoms with Gasteiger partial charge in [-0.25, -0.2) is 0 Å². The summed E-state index contributed by atoms with van der Waals surface area (Å²) in [6.45, 7) is 0. The monoisotopic (exact) mass is 259 g/mol. The quantitative estimate of drug-likeness (QED) is 0.835. The lowest BCUT2D eigenvalue weighted by Gasteiger charge is -2.08. The SMILES string of the molecule is COC(=O)C[C@@H](O)c1cncc(Br)c1. The Morgan fingerprint density at radius 3 is 3.00 bits per heavy atom. The summed E-state index contributed by atoms with van der Waals surface area (Å²) >= 11 is 3.22. The number of esters is 1. The molecule has 0 unspecified atom stereocenters. The molecule has 1 N–H and O–H groups in total. The van der Waals surface area contributed by atoms with Crippen molar-refractivity contribution >= 4 is 21.9 Å². The number of hydrogen-bond acceptors (Lipinski definition) is 4. The van der Waals surface area contributed by atoms with Crippen LogP contribution in [0, 0.1) is 0 Å². The number of ether oxygens (including phenoxy) is 1. The highest BCUT2D eigenvalue weighted by atomic mass is 79.9. The van der Waals surface area contributed by atoms with Gasteiger partial charge in [0, 0.05) is 22.4 Å². The molecule has 1 rings (SSSR count). The Labute approximate surface area is 90.0 Å². The first kappa shape index (κ1) is 11.1. The van der Waals surface area contributed by atoms with E-state index in [2.05, 4.69) is 25.7 Å². The van der Waals surface area contributed by atoms with E-state index in [0.29, 0.717) is 5.56 Å². The van der Waals surface area contributed by atoms with Crippen molar-refractivity contribution in [2.75, 3.05) is 7.11 Å². The maximum atomic E-state index is 10.9. The predicted octanol–water partition coefficient (Wildman–Crippen LogP) is 1.44. The maximum Gasteiger partial charge on any atom is 0.308 e. The summed E-state index contributed by atoms with van der Waals surface area (Å²) in [4.78, 5) is 14.7. The van der Waals surface area contributed by atoms with Gasteiger partial charge in [0.2, 0.25) is 0 Å². The fraction of sp³-hybridized carbons (Fsp3) is 0.333. The highest BCUT2D eigenvalue weighted by molar-refractivity contribution is 9.10. The fourth-order valence-electron chi connectivity index (χ4n) is 0.970. The molecule has 0 saturated carbocycles. The Morgan fingerprint density at radius 2 is 2.43 bits per heavy atom. The molecule has 14 heavy (non-hydrogen) atoms. The number of carbonyl (C=O) groups is 1. The number of aliphatic hydroxyl groups is 1. The summed E-state index contributed by atoms with van der Waals surface area (Å²) in [5.74, 6) is -0.447. The third-order valence-electron chi connectivity index (χ3n) is 1.70. The van der Waals surface area contributed by atoms with Crippen LogP contribution in [0.25, 0.3) is 0 Å². The summed E-state index contributed by atoms with van der Waals surface area (Å²) in [5, 5.41) is 9.58. The number of aliphatic hydroxyl groups excluding tert-OH is 1. The zero-order valence-corrected chi connectivity index (χ0v) is 9.19. The van der Waals surface area contributed by atoms with Crippen molar-refractivity contribution in [3.05, 3.63) is 28.5 Å². The first-order valence-electron chi connectivity index (χ1n) is 3.99. The summed E-state index contributed by atoms with van der Waals surface area (Å²) in [5.41, 5.74) is 0.588. The second-order valence-corrected chi connectivity index (χ2v) is 3.65. The molecule has 0 aliphatic rings. The third kappa shape index (κ3) is 3.08. The van der Waals surface area contributed by atoms with E-state index in [-0.39, 0.29) is 6.42 Å². The molecule has 0 aliphatic carbocycles. The van der Waals surface area contributed by atoms with E-state index in [1.165, 1.54) is 13.3 Å². The molecule has 0 bridgehead atoms. The normalized spacial score (nSPS) is 12.2. The number of carbonyl (C=O) groups excluding carboxylic acids is 1. The summed E-state index contributed by atoms with van der Waals surface area (Å²) in [7, 11) is 1.29. The number of nitrogens with zero attached hydrogens (tertiary/aromatic N) is 1. The van der Waals surface area contributed by atoms with E-state index < -0.39 is 12.1 Å². The highest BCUT2D eigenvalue weighted by Gasteiger charge is 2.13. The fourth-order valence-corrected chi connectivity index (χ4v) is 1.35. The van der Waals surface area contributed by atoms with Gasteiger partial charge in [0.15, 0.2) is 0 Å². The highest BCUT2D eigenvalue weighted by Crippen LogP contribution is 2.19. The van der Waals surface area contributed by atoms with Crippen LogP contribution in [0.3, 0.4) is 0 Å². The summed E-state index contributed by atoms with van der Waals surface area (Å²) in [6, 6.07) is 1.71. The van der Waals surface area contributed by atoms with Gasteiger partial charge < -0.3 is 9.84 Å². The zero-order chi connectivity index (χ0) is 10.6. The van der Waals surface area contributed by atoms with Crippen LogP contribution in [-0.2, 0) is 9.53 Å². The summed E-state index contributed by atoms with van der Waals surface area (Å²) < 4.78 is 5.20. The van der Waals surface area contributed by atoms with Crippen molar-refractivity contribution in [1.82, 2.24) is 4.98 Å². The zero-order valence-electron chi connectivity index (χ0n) is 7.61. The van der Waals surface area contributed by atoms with Gasteiger partial charge in [-0.15, -0.1) is 0 Å². The minimum atomic E-state index is -0.868. The Balaban J connectivity index is 2.69. The van der Waals surface area contributed by atoms with Crippen LogP contribution in [0.2, 0.25) is 0 Å². The van der Waals surface area contributed by atoms with Crippen LogP contribution in [0.1, 0.15) is 18.1 Å². The smallest absolute Gasteiger partial charge is 0.308 e. The standard InChI is InChI=1S/C9H10BrNO3/c1-14-9(13)3-8(12)6-2-7(10)5-11-4-6/h2,4-5,8,12H,3H2,1H3/t8-/m1/s1. The minimum absolute atomic E-state index is 0.0609. The molecule has 0 amide bonds. The van der Waals surface area contributed by atoms with E-state index in [0.717, 1.165) is 4.47 Å². The van der Waals surface area contributed by atoms with Gasteiger partial charge in [-0.3, -0.25) is 9.78 Å². The average molecular weight is 260 g/mol. The van der Waals surface area contributed by atoms with Crippen LogP contribution >= 0.6 is 15.9 Å². The minimum Gasteiger partial charge on any atom is -0.469 e. The first-order chi connectivity index (χ1) is 6.63. The molecule has 0 spiro atoms. The molecule has 1 atom stereocenters. The van der Waals surface area contributed by atoms with Crippen LogP contribution in [0.4, 0.5) is 0 Å². The lowest BCUT2D eigenvalue weighted by molar-refractivity contribution is -0.142. The molecule has 5 heteroatoms. The molecule has 1 aromatic heterocycles. The summed E-state index contributed by atoms with van der Waals surface area (Å²) in [6.07, 6.45) is 2.19. The lowest BCUT2D eigenvalue weighted by atomic mass is 10.1. The first-order valence-corrected chi connectivity index (χ1v) is 4.78. The molecule has 0 radical (unpaired) electrons. The van der Waals surface area contributed by atoms with Gasteiger partial charge in [0.1, 0.15) is 0 Å². The largest absolute Gasteiger partial charge is 0.469 e. The predicted molar refractivity (Wildman–Crippen MR) is 53.5 cm³/mol. The van der Waals surface area contributed by atoms with E-state index in [1.54, 1.807) is 12.3 Å². The van der Waals surface area contributed by atoms with E-state index in [1.807, 2.05) is 0 Å². The van der Waals surface area contributed by atoms with E-state index in [9.17, 15) is 9.90 Å². The molecule has 76 valence electrons. The molecule has 0 aromatic carbocycles. The van der Waals surface area contributed by atoms with Crippen LogP contribution in [-0.4, -0.2) is 23.2 Å². The topological polar surface area (TPSA) is 59.4 Å². The third-order valence-corrected chi connectivity index (χ3v) is 2.13. The molecule has 0 fully saturated rings. The van der Waals surface area contributed by atoms with E-state index >= 15 is 0 Å². The van der Waals surface area contributed by atoms with Crippen molar-refractivity contribution in [1.29, 1.82) is 0 Å². The van der Waals surface area contributed by atoms with Gasteiger partial charge in [-0.2, -0.15) is 0 Å². The van der Waals surface area contributed by atoms with Crippen molar-refractivity contribution < 1.29 is 14.6 Å². The van der Waals surface area contributed by atoms with Crippen molar-refractivity contribution in [2.24, 2.45) is 0 Å². The Kier molecular flexibility index (Phi) is 4.03.